The number of amides is 1. The Morgan fingerprint density at radius 2 is 1.93 bits per heavy atom. The van der Waals surface area contributed by atoms with Crippen molar-refractivity contribution in [1.82, 2.24) is 10.6 Å². The summed E-state index contributed by atoms with van der Waals surface area (Å²) < 4.78 is 11.0. The van der Waals surface area contributed by atoms with Gasteiger partial charge in [-0.1, -0.05) is 36.4 Å². The van der Waals surface area contributed by atoms with E-state index in [9.17, 15) is 4.79 Å². The van der Waals surface area contributed by atoms with Gasteiger partial charge in [0.05, 0.1) is 7.11 Å². The van der Waals surface area contributed by atoms with Crippen molar-refractivity contribution in [3.63, 3.8) is 0 Å². The zero-order valence-electron chi connectivity index (χ0n) is 16.0. The van der Waals surface area contributed by atoms with Crippen molar-refractivity contribution >= 4 is 5.91 Å². The van der Waals surface area contributed by atoms with Gasteiger partial charge in [-0.05, 0) is 48.9 Å². The molecule has 1 aliphatic carbocycles. The minimum atomic E-state index is -0.138. The lowest BCUT2D eigenvalue weighted by atomic mass is 10.0. The van der Waals surface area contributed by atoms with Crippen molar-refractivity contribution in [3.05, 3.63) is 59.7 Å². The van der Waals surface area contributed by atoms with Gasteiger partial charge in [0.25, 0.3) is 5.91 Å². The third-order valence-electron chi connectivity index (χ3n) is 4.74. The molecule has 0 aliphatic heterocycles. The van der Waals surface area contributed by atoms with Crippen molar-refractivity contribution in [2.75, 3.05) is 20.3 Å². The van der Waals surface area contributed by atoms with E-state index in [0.717, 1.165) is 12.1 Å². The smallest absolute Gasteiger partial charge is 0.257 e. The summed E-state index contributed by atoms with van der Waals surface area (Å²) in [5.41, 5.74) is 2.47. The highest BCUT2D eigenvalue weighted by Gasteiger charge is 2.31. The SMILES string of the molecule is CCNC(=O)COc1ccc(CNC(c2ccccc2)C2CC2)cc1OC. The van der Waals surface area contributed by atoms with Crippen LogP contribution in [0.25, 0.3) is 0 Å². The number of methoxy groups -OCH3 is 1. The summed E-state index contributed by atoms with van der Waals surface area (Å²) in [4.78, 5) is 11.6. The largest absolute Gasteiger partial charge is 0.493 e. The Labute approximate surface area is 161 Å². The molecule has 5 heteroatoms. The zero-order chi connectivity index (χ0) is 19.1. The van der Waals surface area contributed by atoms with E-state index in [1.165, 1.54) is 18.4 Å². The second-order valence-corrected chi connectivity index (χ2v) is 6.83. The Balaban J connectivity index is 1.62. The highest BCUT2D eigenvalue weighted by molar-refractivity contribution is 5.77. The van der Waals surface area contributed by atoms with Gasteiger partial charge < -0.3 is 20.1 Å². The topological polar surface area (TPSA) is 59.6 Å². The number of hydrogen-bond acceptors (Lipinski definition) is 4. The molecule has 0 spiro atoms. The Morgan fingerprint density at radius 1 is 1.15 bits per heavy atom. The second-order valence-electron chi connectivity index (χ2n) is 6.83. The van der Waals surface area contributed by atoms with Crippen LogP contribution in [-0.2, 0) is 11.3 Å². The van der Waals surface area contributed by atoms with Crippen LogP contribution in [0, 0.1) is 5.92 Å². The van der Waals surface area contributed by atoms with E-state index < -0.39 is 0 Å². The average Bonchev–Trinajstić information content (AvgIpc) is 3.53. The molecule has 1 amide bonds. The molecule has 1 unspecified atom stereocenters. The van der Waals surface area contributed by atoms with Crippen LogP contribution >= 0.6 is 0 Å². The molecule has 0 heterocycles. The van der Waals surface area contributed by atoms with Crippen LogP contribution in [0.1, 0.15) is 36.9 Å². The Morgan fingerprint density at radius 3 is 2.59 bits per heavy atom. The fraction of sp³-hybridized carbons (Fsp3) is 0.409. The molecule has 5 nitrogen and oxygen atoms in total. The summed E-state index contributed by atoms with van der Waals surface area (Å²) in [6.07, 6.45) is 2.56. The summed E-state index contributed by atoms with van der Waals surface area (Å²) in [6.45, 7) is 3.21. The third-order valence-corrected chi connectivity index (χ3v) is 4.74. The molecule has 0 saturated heterocycles. The number of nitrogens with one attached hydrogen (secondary N) is 2. The zero-order valence-corrected chi connectivity index (χ0v) is 16.0. The van der Waals surface area contributed by atoms with Crippen LogP contribution in [0.5, 0.6) is 11.5 Å². The lowest BCUT2D eigenvalue weighted by Gasteiger charge is -2.19. The molecule has 2 N–H and O–H groups in total. The molecule has 1 atom stereocenters. The molecule has 1 aliphatic rings. The van der Waals surface area contributed by atoms with E-state index in [-0.39, 0.29) is 12.5 Å². The molecule has 0 aromatic heterocycles. The van der Waals surface area contributed by atoms with E-state index in [4.69, 9.17) is 9.47 Å². The average molecular weight is 368 g/mol. The molecule has 27 heavy (non-hydrogen) atoms. The van der Waals surface area contributed by atoms with Crippen LogP contribution < -0.4 is 20.1 Å². The summed E-state index contributed by atoms with van der Waals surface area (Å²) in [6, 6.07) is 16.8. The fourth-order valence-corrected chi connectivity index (χ4v) is 3.21. The normalized spacial score (nSPS) is 14.4. The second kappa shape index (κ2) is 9.42. The van der Waals surface area contributed by atoms with E-state index in [1.54, 1.807) is 7.11 Å². The molecule has 2 aromatic rings. The maximum Gasteiger partial charge on any atom is 0.257 e. The van der Waals surface area contributed by atoms with E-state index in [2.05, 4.69) is 41.0 Å². The van der Waals surface area contributed by atoms with Gasteiger partial charge in [-0.3, -0.25) is 4.79 Å². The summed E-state index contributed by atoms with van der Waals surface area (Å²) in [5.74, 6) is 1.80. The Hall–Kier alpha value is -2.53. The molecule has 0 radical (unpaired) electrons. The summed E-state index contributed by atoms with van der Waals surface area (Å²) in [7, 11) is 1.61. The first kappa shape index (κ1) is 19.2. The summed E-state index contributed by atoms with van der Waals surface area (Å²) in [5, 5.41) is 6.41. The molecular formula is C22H28N2O3. The van der Waals surface area contributed by atoms with Gasteiger partial charge in [-0.15, -0.1) is 0 Å². The lowest BCUT2D eigenvalue weighted by molar-refractivity contribution is -0.123. The molecule has 144 valence electrons. The van der Waals surface area contributed by atoms with Gasteiger partial charge in [0, 0.05) is 19.1 Å². The predicted octanol–water partition coefficient (Wildman–Crippen LogP) is 3.45. The van der Waals surface area contributed by atoms with Crippen LogP contribution in [0.4, 0.5) is 0 Å². The Kier molecular flexibility index (Phi) is 6.71. The number of carbonyl (C=O) groups is 1. The maximum atomic E-state index is 11.6. The van der Waals surface area contributed by atoms with Crippen LogP contribution in [-0.4, -0.2) is 26.2 Å². The van der Waals surface area contributed by atoms with Crippen molar-refractivity contribution in [2.24, 2.45) is 5.92 Å². The van der Waals surface area contributed by atoms with Crippen molar-refractivity contribution < 1.29 is 14.3 Å². The van der Waals surface area contributed by atoms with Gasteiger partial charge >= 0.3 is 0 Å². The monoisotopic (exact) mass is 368 g/mol. The van der Waals surface area contributed by atoms with E-state index >= 15 is 0 Å². The van der Waals surface area contributed by atoms with Gasteiger partial charge in [0.1, 0.15) is 0 Å². The number of carbonyl (C=O) groups excluding carboxylic acids is 1. The highest BCUT2D eigenvalue weighted by Crippen LogP contribution is 2.41. The number of likely N-dealkylation sites (N-methyl/N-ethyl adjacent to an activating group) is 1. The van der Waals surface area contributed by atoms with Crippen molar-refractivity contribution in [2.45, 2.75) is 32.4 Å². The molecule has 3 rings (SSSR count). The van der Waals surface area contributed by atoms with E-state index in [0.29, 0.717) is 30.0 Å². The van der Waals surface area contributed by atoms with E-state index in [1.807, 2.05) is 25.1 Å². The van der Waals surface area contributed by atoms with Gasteiger partial charge in [-0.25, -0.2) is 0 Å². The number of hydrogen-bond donors (Lipinski definition) is 2. The first-order valence-corrected chi connectivity index (χ1v) is 9.56. The first-order chi connectivity index (χ1) is 13.2. The minimum absolute atomic E-state index is 0.0143. The Bertz CT molecular complexity index is 744. The standard InChI is InChI=1S/C22H28N2O3/c1-3-23-21(25)15-27-19-12-9-16(13-20(19)26-2)14-24-22(18-10-11-18)17-7-5-4-6-8-17/h4-9,12-13,18,22,24H,3,10-11,14-15H2,1-2H3,(H,23,25). The van der Waals surface area contributed by atoms with Gasteiger partial charge in [0.15, 0.2) is 18.1 Å². The van der Waals surface area contributed by atoms with Gasteiger partial charge in [0.2, 0.25) is 0 Å². The van der Waals surface area contributed by atoms with Crippen LogP contribution in [0.3, 0.4) is 0 Å². The highest BCUT2D eigenvalue weighted by atomic mass is 16.5. The molecular weight excluding hydrogens is 340 g/mol. The molecule has 0 bridgehead atoms. The molecule has 2 aromatic carbocycles. The maximum absolute atomic E-state index is 11.6. The minimum Gasteiger partial charge on any atom is -0.493 e. The van der Waals surface area contributed by atoms with Crippen LogP contribution in [0.2, 0.25) is 0 Å². The van der Waals surface area contributed by atoms with Crippen molar-refractivity contribution in [1.29, 1.82) is 0 Å². The van der Waals surface area contributed by atoms with Crippen molar-refractivity contribution in [3.8, 4) is 11.5 Å². The summed E-state index contributed by atoms with van der Waals surface area (Å²) >= 11 is 0. The third kappa shape index (κ3) is 5.47. The lowest BCUT2D eigenvalue weighted by Crippen LogP contribution is -2.28. The van der Waals surface area contributed by atoms with Crippen LogP contribution in [0.15, 0.2) is 48.5 Å². The number of rotatable bonds is 10. The molecule has 1 saturated carbocycles. The first-order valence-electron chi connectivity index (χ1n) is 9.56. The number of ether oxygens (including phenoxy) is 2. The fourth-order valence-electron chi connectivity index (χ4n) is 3.21. The molecule has 1 fully saturated rings. The van der Waals surface area contributed by atoms with Gasteiger partial charge in [-0.2, -0.15) is 0 Å². The predicted molar refractivity (Wildman–Crippen MR) is 106 cm³/mol. The quantitative estimate of drug-likeness (QED) is 0.674. The number of benzene rings is 2.